The van der Waals surface area contributed by atoms with Crippen LogP contribution >= 0.6 is 22.6 Å². The number of nitrogens with zero attached hydrogens (tertiary/aromatic N) is 1. The third-order valence-corrected chi connectivity index (χ3v) is 4.42. The van der Waals surface area contributed by atoms with E-state index < -0.39 is 0 Å². The fourth-order valence-corrected chi connectivity index (χ4v) is 3.08. The van der Waals surface area contributed by atoms with Crippen molar-refractivity contribution < 1.29 is 4.74 Å². The Morgan fingerprint density at radius 3 is 2.56 bits per heavy atom. The van der Waals surface area contributed by atoms with Crippen molar-refractivity contribution in [2.45, 2.75) is 25.2 Å². The molecular formula is C14H15IN2O. The molecule has 0 radical (unpaired) electrons. The number of aromatic nitrogens is 2. The number of aromatic amines is 1. The van der Waals surface area contributed by atoms with Crippen LogP contribution in [0.3, 0.4) is 0 Å². The highest BCUT2D eigenvalue weighted by Gasteiger charge is 2.26. The van der Waals surface area contributed by atoms with Gasteiger partial charge in [0.1, 0.15) is 9.45 Å². The van der Waals surface area contributed by atoms with E-state index in [0.29, 0.717) is 5.92 Å². The lowest BCUT2D eigenvalue weighted by atomic mass is 9.81. The molecule has 1 aliphatic rings. The number of H-pyrrole nitrogens is 1. The summed E-state index contributed by atoms with van der Waals surface area (Å²) in [6, 6.07) is 8.22. The van der Waals surface area contributed by atoms with Gasteiger partial charge in [0.2, 0.25) is 0 Å². The summed E-state index contributed by atoms with van der Waals surface area (Å²) < 4.78 is 6.26. The zero-order chi connectivity index (χ0) is 12.5. The molecule has 0 atom stereocenters. The van der Waals surface area contributed by atoms with Crippen LogP contribution in [-0.2, 0) is 0 Å². The Bertz CT molecular complexity index is 543. The first-order valence-electron chi connectivity index (χ1n) is 6.18. The highest BCUT2D eigenvalue weighted by molar-refractivity contribution is 14.1. The van der Waals surface area contributed by atoms with Crippen molar-refractivity contribution >= 4 is 22.6 Å². The smallest absolute Gasteiger partial charge is 0.131 e. The van der Waals surface area contributed by atoms with Crippen LogP contribution < -0.4 is 4.74 Å². The molecule has 3 nitrogen and oxygen atoms in total. The third kappa shape index (κ3) is 2.02. The molecule has 0 bridgehead atoms. The molecule has 0 spiro atoms. The number of hydrogen-bond acceptors (Lipinski definition) is 2. The van der Waals surface area contributed by atoms with E-state index in [-0.39, 0.29) is 0 Å². The highest BCUT2D eigenvalue weighted by atomic mass is 127. The average molecular weight is 354 g/mol. The van der Waals surface area contributed by atoms with Crippen LogP contribution in [0.4, 0.5) is 0 Å². The molecule has 4 heteroatoms. The quantitative estimate of drug-likeness (QED) is 0.848. The third-order valence-electron chi connectivity index (χ3n) is 3.64. The summed E-state index contributed by atoms with van der Waals surface area (Å²) in [5.41, 5.74) is 3.79. The largest absolute Gasteiger partial charge is 0.497 e. The molecule has 1 fully saturated rings. The van der Waals surface area contributed by atoms with Gasteiger partial charge in [0, 0.05) is 17.2 Å². The molecule has 2 aromatic rings. The van der Waals surface area contributed by atoms with E-state index in [1.54, 1.807) is 7.11 Å². The Balaban J connectivity index is 2.01. The number of nitrogens with one attached hydrogen (secondary N) is 1. The molecule has 3 rings (SSSR count). The van der Waals surface area contributed by atoms with Crippen LogP contribution in [-0.4, -0.2) is 17.3 Å². The molecule has 1 saturated carbocycles. The van der Waals surface area contributed by atoms with Gasteiger partial charge >= 0.3 is 0 Å². The van der Waals surface area contributed by atoms with Crippen molar-refractivity contribution in [2.24, 2.45) is 0 Å². The topological polar surface area (TPSA) is 37.9 Å². The van der Waals surface area contributed by atoms with Crippen LogP contribution in [0.2, 0.25) is 0 Å². The number of rotatable bonds is 3. The molecule has 1 heterocycles. The van der Waals surface area contributed by atoms with E-state index in [2.05, 4.69) is 44.9 Å². The van der Waals surface area contributed by atoms with Crippen molar-refractivity contribution in [2.75, 3.05) is 7.11 Å². The first kappa shape index (κ1) is 12.0. The zero-order valence-electron chi connectivity index (χ0n) is 10.2. The molecule has 0 amide bonds. The lowest BCUT2D eigenvalue weighted by Crippen LogP contribution is -2.10. The van der Waals surface area contributed by atoms with Crippen LogP contribution in [0, 0.1) is 3.70 Å². The van der Waals surface area contributed by atoms with E-state index in [0.717, 1.165) is 9.45 Å². The number of methoxy groups -OCH3 is 1. The Morgan fingerprint density at radius 1 is 1.28 bits per heavy atom. The van der Waals surface area contributed by atoms with Crippen molar-refractivity contribution in [1.29, 1.82) is 0 Å². The Kier molecular flexibility index (Phi) is 3.28. The van der Waals surface area contributed by atoms with Crippen molar-refractivity contribution in [3.63, 3.8) is 0 Å². The Labute approximate surface area is 120 Å². The van der Waals surface area contributed by atoms with Gasteiger partial charge in [-0.3, -0.25) is 5.10 Å². The highest BCUT2D eigenvalue weighted by Crippen LogP contribution is 2.41. The molecule has 1 N–H and O–H groups in total. The molecule has 1 aromatic heterocycles. The standard InChI is InChI=1S/C14H15IN2O/c1-18-11-7-5-9(6-8-11)12-13(10-3-2-4-10)16-17-14(12)15/h5-8,10H,2-4H2,1H3,(H,16,17). The Hall–Kier alpha value is -1.04. The molecule has 0 saturated heterocycles. The lowest BCUT2D eigenvalue weighted by Gasteiger charge is -2.25. The first-order chi connectivity index (χ1) is 8.79. The monoisotopic (exact) mass is 354 g/mol. The van der Waals surface area contributed by atoms with E-state index in [1.165, 1.54) is 36.1 Å². The summed E-state index contributed by atoms with van der Waals surface area (Å²) >= 11 is 2.30. The summed E-state index contributed by atoms with van der Waals surface area (Å²) in [6.07, 6.45) is 3.89. The van der Waals surface area contributed by atoms with Crippen LogP contribution in [0.15, 0.2) is 24.3 Å². The second kappa shape index (κ2) is 4.91. The summed E-state index contributed by atoms with van der Waals surface area (Å²) in [6.45, 7) is 0. The molecule has 94 valence electrons. The summed E-state index contributed by atoms with van der Waals surface area (Å²) in [5.74, 6) is 1.56. The summed E-state index contributed by atoms with van der Waals surface area (Å²) in [7, 11) is 1.69. The fraction of sp³-hybridized carbons (Fsp3) is 0.357. The minimum absolute atomic E-state index is 0.665. The lowest BCUT2D eigenvalue weighted by molar-refractivity contribution is 0.411. The van der Waals surface area contributed by atoms with Gasteiger partial charge in [-0.25, -0.2) is 0 Å². The van der Waals surface area contributed by atoms with Crippen LogP contribution in [0.5, 0.6) is 5.75 Å². The second-order valence-corrected chi connectivity index (χ2v) is 5.68. The first-order valence-corrected chi connectivity index (χ1v) is 7.25. The van der Waals surface area contributed by atoms with Gasteiger partial charge in [0.15, 0.2) is 0 Å². The van der Waals surface area contributed by atoms with Gasteiger partial charge in [-0.15, -0.1) is 0 Å². The van der Waals surface area contributed by atoms with Crippen molar-refractivity contribution in [3.05, 3.63) is 33.7 Å². The average Bonchev–Trinajstić information content (AvgIpc) is 2.69. The van der Waals surface area contributed by atoms with Gasteiger partial charge in [-0.05, 0) is 53.1 Å². The molecule has 1 aromatic carbocycles. The number of halogens is 1. The van der Waals surface area contributed by atoms with Gasteiger partial charge in [0.25, 0.3) is 0 Å². The summed E-state index contributed by atoms with van der Waals surface area (Å²) in [5, 5.41) is 7.58. The predicted molar refractivity (Wildman–Crippen MR) is 79.9 cm³/mol. The maximum atomic E-state index is 5.20. The van der Waals surface area contributed by atoms with Gasteiger partial charge in [0.05, 0.1) is 7.11 Å². The van der Waals surface area contributed by atoms with Crippen molar-refractivity contribution in [1.82, 2.24) is 10.2 Å². The predicted octanol–water partition coefficient (Wildman–Crippen LogP) is 3.96. The van der Waals surface area contributed by atoms with Gasteiger partial charge in [-0.2, -0.15) is 5.10 Å². The maximum absolute atomic E-state index is 5.20. The molecule has 1 aliphatic carbocycles. The number of ether oxygens (including phenoxy) is 1. The molecule has 0 aliphatic heterocycles. The molecule has 18 heavy (non-hydrogen) atoms. The number of hydrogen-bond donors (Lipinski definition) is 1. The van der Waals surface area contributed by atoms with E-state index in [4.69, 9.17) is 4.74 Å². The van der Waals surface area contributed by atoms with Crippen LogP contribution in [0.25, 0.3) is 11.1 Å². The summed E-state index contributed by atoms with van der Waals surface area (Å²) in [4.78, 5) is 0. The minimum atomic E-state index is 0.665. The maximum Gasteiger partial charge on any atom is 0.131 e. The van der Waals surface area contributed by atoms with Gasteiger partial charge in [-0.1, -0.05) is 18.6 Å². The van der Waals surface area contributed by atoms with Crippen LogP contribution in [0.1, 0.15) is 30.9 Å². The zero-order valence-corrected chi connectivity index (χ0v) is 12.4. The van der Waals surface area contributed by atoms with E-state index in [1.807, 2.05) is 12.1 Å². The second-order valence-electron chi connectivity index (χ2n) is 4.66. The molecule has 0 unspecified atom stereocenters. The minimum Gasteiger partial charge on any atom is -0.497 e. The normalized spacial score (nSPS) is 15.4. The van der Waals surface area contributed by atoms with E-state index in [9.17, 15) is 0 Å². The van der Waals surface area contributed by atoms with Gasteiger partial charge < -0.3 is 4.74 Å². The van der Waals surface area contributed by atoms with E-state index >= 15 is 0 Å². The SMILES string of the molecule is COc1ccc(-c2c(I)n[nH]c2C2CCC2)cc1. The van der Waals surface area contributed by atoms with Crippen molar-refractivity contribution in [3.8, 4) is 16.9 Å². The molecular weight excluding hydrogens is 339 g/mol. The number of benzene rings is 1. The Morgan fingerprint density at radius 2 is 2.00 bits per heavy atom. The fourth-order valence-electron chi connectivity index (χ4n) is 2.36.